The molecular formula is C16H24N4O3S2. The van der Waals surface area contributed by atoms with Crippen molar-refractivity contribution in [3.63, 3.8) is 0 Å². The average Bonchev–Trinajstić information content (AvgIpc) is 2.98. The Morgan fingerprint density at radius 1 is 1.40 bits per heavy atom. The van der Waals surface area contributed by atoms with Crippen molar-refractivity contribution in [3.8, 4) is 0 Å². The number of carbonyl (C=O) groups is 3. The number of carbonyl (C=O) groups excluding carboxylic acids is 3. The summed E-state index contributed by atoms with van der Waals surface area (Å²) in [5.74, 6) is 0.483. The zero-order chi connectivity index (χ0) is 18.4. The smallest absolute Gasteiger partial charge is 0.312 e. The fraction of sp³-hybridized carbons (Fsp3) is 0.562. The first-order valence-corrected chi connectivity index (χ1v) is 10.4. The van der Waals surface area contributed by atoms with Crippen LogP contribution in [0.3, 0.4) is 0 Å². The molecule has 0 spiro atoms. The number of thiophene rings is 1. The summed E-state index contributed by atoms with van der Waals surface area (Å²) >= 11 is 3.03. The molecule has 0 saturated heterocycles. The van der Waals surface area contributed by atoms with Crippen LogP contribution in [0.15, 0.2) is 6.07 Å². The highest BCUT2D eigenvalue weighted by molar-refractivity contribution is 7.98. The van der Waals surface area contributed by atoms with Crippen LogP contribution < -0.4 is 21.9 Å². The molecule has 9 heteroatoms. The normalized spacial score (nSPS) is 17.3. The molecule has 1 aromatic rings. The van der Waals surface area contributed by atoms with Gasteiger partial charge >= 0.3 is 6.03 Å². The van der Waals surface area contributed by atoms with Crippen LogP contribution in [0.25, 0.3) is 0 Å². The van der Waals surface area contributed by atoms with Crippen molar-refractivity contribution in [2.75, 3.05) is 12.0 Å². The molecule has 0 bridgehead atoms. The molecule has 1 aromatic heterocycles. The van der Waals surface area contributed by atoms with E-state index in [2.05, 4.69) is 23.1 Å². The molecule has 0 radical (unpaired) electrons. The SMILES string of the molecule is CSCC[C@@H](NC(N)=O)C(=O)NNC(=O)c1cc2c(s1)CC[C@@H](C)C2. The monoisotopic (exact) mass is 384 g/mol. The van der Waals surface area contributed by atoms with E-state index in [4.69, 9.17) is 5.73 Å². The summed E-state index contributed by atoms with van der Waals surface area (Å²) < 4.78 is 0. The molecule has 0 aliphatic heterocycles. The molecule has 2 rings (SSSR count). The minimum atomic E-state index is -0.775. The van der Waals surface area contributed by atoms with Gasteiger partial charge in [-0.15, -0.1) is 11.3 Å². The van der Waals surface area contributed by atoms with Crippen molar-refractivity contribution in [1.29, 1.82) is 0 Å². The van der Waals surface area contributed by atoms with Gasteiger partial charge in [0.15, 0.2) is 0 Å². The Kier molecular flexibility index (Phi) is 7.12. The summed E-state index contributed by atoms with van der Waals surface area (Å²) in [5, 5.41) is 2.39. The van der Waals surface area contributed by atoms with Crippen LogP contribution in [-0.4, -0.2) is 35.9 Å². The highest BCUT2D eigenvalue weighted by atomic mass is 32.2. The van der Waals surface area contributed by atoms with Crippen LogP contribution >= 0.6 is 23.1 Å². The number of nitrogens with two attached hydrogens (primary N) is 1. The van der Waals surface area contributed by atoms with Crippen molar-refractivity contribution in [1.82, 2.24) is 16.2 Å². The van der Waals surface area contributed by atoms with Gasteiger partial charge in [0, 0.05) is 4.88 Å². The van der Waals surface area contributed by atoms with Gasteiger partial charge in [-0.1, -0.05) is 6.92 Å². The van der Waals surface area contributed by atoms with Crippen LogP contribution in [0.2, 0.25) is 0 Å². The Morgan fingerprint density at radius 3 is 2.84 bits per heavy atom. The molecule has 0 fully saturated rings. The first-order valence-electron chi connectivity index (χ1n) is 8.17. The van der Waals surface area contributed by atoms with Gasteiger partial charge in [0.2, 0.25) is 0 Å². The number of hydrogen-bond donors (Lipinski definition) is 4. The summed E-state index contributed by atoms with van der Waals surface area (Å²) in [4.78, 5) is 37.3. The predicted molar refractivity (Wildman–Crippen MR) is 101 cm³/mol. The van der Waals surface area contributed by atoms with Gasteiger partial charge in [-0.25, -0.2) is 4.79 Å². The molecule has 7 nitrogen and oxygen atoms in total. The van der Waals surface area contributed by atoms with Gasteiger partial charge < -0.3 is 11.1 Å². The van der Waals surface area contributed by atoms with E-state index in [0.29, 0.717) is 23.0 Å². The maximum Gasteiger partial charge on any atom is 0.312 e. The molecule has 138 valence electrons. The van der Waals surface area contributed by atoms with Crippen LogP contribution in [0.4, 0.5) is 4.79 Å². The van der Waals surface area contributed by atoms with Crippen LogP contribution in [0.1, 0.15) is 39.9 Å². The van der Waals surface area contributed by atoms with Crippen LogP contribution in [0.5, 0.6) is 0 Å². The zero-order valence-electron chi connectivity index (χ0n) is 14.4. The topological polar surface area (TPSA) is 113 Å². The quantitative estimate of drug-likeness (QED) is 0.556. The third-order valence-corrected chi connectivity index (χ3v) is 5.98. The van der Waals surface area contributed by atoms with Crippen LogP contribution in [-0.2, 0) is 17.6 Å². The Balaban J connectivity index is 1.91. The molecule has 25 heavy (non-hydrogen) atoms. The van der Waals surface area contributed by atoms with E-state index < -0.39 is 18.0 Å². The van der Waals surface area contributed by atoms with E-state index >= 15 is 0 Å². The molecular weight excluding hydrogens is 360 g/mol. The second-order valence-electron chi connectivity index (χ2n) is 6.19. The highest BCUT2D eigenvalue weighted by Gasteiger charge is 2.23. The number of aryl methyl sites for hydroxylation is 1. The third kappa shape index (κ3) is 5.64. The molecule has 0 unspecified atom stereocenters. The first kappa shape index (κ1) is 19.6. The Labute approximate surface area is 155 Å². The van der Waals surface area contributed by atoms with E-state index in [1.807, 2.05) is 12.3 Å². The van der Waals surface area contributed by atoms with Gasteiger partial charge in [-0.2, -0.15) is 11.8 Å². The lowest BCUT2D eigenvalue weighted by Crippen LogP contribution is -2.53. The summed E-state index contributed by atoms with van der Waals surface area (Å²) in [6.07, 6.45) is 5.46. The van der Waals surface area contributed by atoms with Gasteiger partial charge in [-0.3, -0.25) is 20.4 Å². The van der Waals surface area contributed by atoms with E-state index in [1.54, 1.807) is 11.8 Å². The molecule has 0 saturated carbocycles. The minimum Gasteiger partial charge on any atom is -0.352 e. The van der Waals surface area contributed by atoms with Crippen molar-refractivity contribution < 1.29 is 14.4 Å². The number of hydrogen-bond acceptors (Lipinski definition) is 5. The van der Waals surface area contributed by atoms with E-state index in [1.165, 1.54) is 21.8 Å². The first-order chi connectivity index (χ1) is 11.9. The minimum absolute atomic E-state index is 0.344. The zero-order valence-corrected chi connectivity index (χ0v) is 16.0. The largest absolute Gasteiger partial charge is 0.352 e. The fourth-order valence-corrected chi connectivity index (χ4v) is 4.34. The highest BCUT2D eigenvalue weighted by Crippen LogP contribution is 2.32. The second kappa shape index (κ2) is 9.10. The number of rotatable bonds is 6. The van der Waals surface area contributed by atoms with Gasteiger partial charge in [-0.05, 0) is 55.2 Å². The lowest BCUT2D eigenvalue weighted by atomic mass is 9.90. The number of nitrogens with one attached hydrogen (secondary N) is 3. The van der Waals surface area contributed by atoms with Crippen LogP contribution in [0, 0.1) is 5.92 Å². The lowest BCUT2D eigenvalue weighted by Gasteiger charge is -2.16. The molecule has 5 N–H and O–H groups in total. The lowest BCUT2D eigenvalue weighted by molar-refractivity contribution is -0.123. The average molecular weight is 385 g/mol. The predicted octanol–water partition coefficient (Wildman–Crippen LogP) is 1.42. The number of fused-ring (bicyclic) bond motifs is 1. The molecule has 1 heterocycles. The van der Waals surface area contributed by atoms with Gasteiger partial charge in [0.05, 0.1) is 4.88 Å². The summed E-state index contributed by atoms with van der Waals surface area (Å²) in [6.45, 7) is 2.21. The Morgan fingerprint density at radius 2 is 2.16 bits per heavy atom. The second-order valence-corrected chi connectivity index (χ2v) is 8.32. The number of hydrazine groups is 1. The van der Waals surface area contributed by atoms with E-state index in [-0.39, 0.29) is 5.91 Å². The van der Waals surface area contributed by atoms with Gasteiger partial charge in [0.25, 0.3) is 11.8 Å². The summed E-state index contributed by atoms with van der Waals surface area (Å²) in [7, 11) is 0. The maximum atomic E-state index is 12.3. The molecule has 1 aliphatic rings. The number of primary amides is 1. The molecule has 4 amide bonds. The Hall–Kier alpha value is -1.74. The van der Waals surface area contributed by atoms with Crippen molar-refractivity contribution >= 4 is 40.9 Å². The van der Waals surface area contributed by atoms with E-state index in [9.17, 15) is 14.4 Å². The van der Waals surface area contributed by atoms with Crippen molar-refractivity contribution in [3.05, 3.63) is 21.4 Å². The number of amides is 4. The van der Waals surface area contributed by atoms with Crippen molar-refractivity contribution in [2.24, 2.45) is 11.7 Å². The van der Waals surface area contributed by atoms with Crippen molar-refractivity contribution in [2.45, 2.75) is 38.6 Å². The van der Waals surface area contributed by atoms with Gasteiger partial charge in [0.1, 0.15) is 6.04 Å². The Bertz CT molecular complexity index is 647. The third-order valence-electron chi connectivity index (χ3n) is 4.10. The number of urea groups is 1. The maximum absolute atomic E-state index is 12.3. The summed E-state index contributed by atoms with van der Waals surface area (Å²) in [5.41, 5.74) is 11.1. The molecule has 0 aromatic carbocycles. The number of thioether (sulfide) groups is 1. The molecule has 2 atom stereocenters. The molecule has 1 aliphatic carbocycles. The standard InChI is InChI=1S/C16H24N4O3S2/c1-9-3-4-12-10(7-9)8-13(25-12)15(22)20-19-14(21)11(5-6-24-2)18-16(17)23/h8-9,11H,3-7H2,1-2H3,(H,19,21)(H,20,22)(H3,17,18,23)/t9-,11-/m1/s1. The van der Waals surface area contributed by atoms with E-state index in [0.717, 1.165) is 19.3 Å². The fourth-order valence-electron chi connectivity index (χ4n) is 2.76. The summed E-state index contributed by atoms with van der Waals surface area (Å²) in [6, 6.07) is 0.361.